The van der Waals surface area contributed by atoms with E-state index in [1.807, 2.05) is 25.3 Å². The molecule has 0 radical (unpaired) electrons. The molecule has 0 aromatic carbocycles. The summed E-state index contributed by atoms with van der Waals surface area (Å²) in [4.78, 5) is 17.0. The maximum atomic E-state index is 12.6. The fraction of sp³-hybridized carbons (Fsp3) is 0.739. The van der Waals surface area contributed by atoms with Crippen LogP contribution in [0.25, 0.3) is 0 Å². The lowest BCUT2D eigenvalue weighted by Gasteiger charge is -2.32. The van der Waals surface area contributed by atoms with E-state index in [-0.39, 0.29) is 12.0 Å². The van der Waals surface area contributed by atoms with E-state index < -0.39 is 0 Å². The number of ether oxygens (including phenoxy) is 1. The van der Waals surface area contributed by atoms with Crippen molar-refractivity contribution in [3.63, 3.8) is 0 Å². The van der Waals surface area contributed by atoms with Gasteiger partial charge in [0.05, 0.1) is 0 Å². The Balaban J connectivity index is 1.35. The molecule has 0 spiro atoms. The molecular formula is C23H36N2O2. The fourth-order valence-corrected chi connectivity index (χ4v) is 4.54. The molecule has 150 valence electrons. The molecule has 3 rings (SSSR count). The van der Waals surface area contributed by atoms with Gasteiger partial charge in [-0.25, -0.2) is 4.98 Å². The summed E-state index contributed by atoms with van der Waals surface area (Å²) in [6.07, 6.45) is 14.7. The number of nitrogens with one attached hydrogen (secondary N) is 1. The summed E-state index contributed by atoms with van der Waals surface area (Å²) < 4.78 is 6.00. The summed E-state index contributed by atoms with van der Waals surface area (Å²) in [5.41, 5.74) is 1.15. The van der Waals surface area contributed by atoms with Gasteiger partial charge in [0.1, 0.15) is 6.10 Å². The third kappa shape index (κ3) is 6.22. The van der Waals surface area contributed by atoms with Crippen LogP contribution in [0.15, 0.2) is 18.3 Å². The second-order valence-corrected chi connectivity index (χ2v) is 8.63. The number of aryl methyl sites for hydroxylation is 1. The maximum absolute atomic E-state index is 12.6. The zero-order chi connectivity index (χ0) is 19.1. The third-order valence-electron chi connectivity index (χ3n) is 6.38. The molecule has 4 heteroatoms. The zero-order valence-electron chi connectivity index (χ0n) is 17.1. The number of hydrogen-bond donors (Lipinski definition) is 1. The molecule has 1 aromatic heterocycles. The van der Waals surface area contributed by atoms with Gasteiger partial charge in [-0.2, -0.15) is 0 Å². The molecule has 2 aliphatic rings. The van der Waals surface area contributed by atoms with Gasteiger partial charge in [-0.15, -0.1) is 0 Å². The van der Waals surface area contributed by atoms with Crippen molar-refractivity contribution < 1.29 is 9.53 Å². The molecule has 0 aliphatic heterocycles. The second-order valence-electron chi connectivity index (χ2n) is 8.63. The van der Waals surface area contributed by atoms with E-state index in [1.54, 1.807) is 0 Å². The first-order valence-electron chi connectivity index (χ1n) is 11.0. The first kappa shape index (κ1) is 20.2. The van der Waals surface area contributed by atoms with Gasteiger partial charge in [-0.05, 0) is 69.8 Å². The molecule has 1 aromatic rings. The number of hydrogen-bond acceptors (Lipinski definition) is 3. The van der Waals surface area contributed by atoms with Crippen molar-refractivity contribution in [1.82, 2.24) is 10.3 Å². The Bertz CT molecular complexity index is 571. The Morgan fingerprint density at radius 1 is 1.11 bits per heavy atom. The molecule has 4 nitrogen and oxygen atoms in total. The monoisotopic (exact) mass is 372 g/mol. The van der Waals surface area contributed by atoms with E-state index in [9.17, 15) is 4.79 Å². The predicted molar refractivity (Wildman–Crippen MR) is 109 cm³/mol. The fourth-order valence-electron chi connectivity index (χ4n) is 4.54. The molecule has 2 saturated carbocycles. The van der Waals surface area contributed by atoms with E-state index in [0.29, 0.717) is 17.8 Å². The van der Waals surface area contributed by atoms with Crippen LogP contribution in [-0.2, 0) is 4.79 Å². The normalized spacial score (nSPS) is 28.5. The standard InChI is InChI=1S/C23H36N2O2/c1-3-4-5-18-7-9-19(10-8-18)23(26)25-20-11-13-21(14-12-20)27-22-15-6-17(2)16-24-22/h6,15-16,18-21H,3-5,7-14H2,1-2H3,(H,25,26). The highest BCUT2D eigenvalue weighted by atomic mass is 16.5. The highest BCUT2D eigenvalue weighted by Gasteiger charge is 2.29. The first-order chi connectivity index (χ1) is 13.1. The van der Waals surface area contributed by atoms with Crippen molar-refractivity contribution in [1.29, 1.82) is 0 Å². The van der Waals surface area contributed by atoms with Crippen LogP contribution < -0.4 is 10.1 Å². The van der Waals surface area contributed by atoms with Crippen LogP contribution in [0.1, 0.15) is 83.1 Å². The van der Waals surface area contributed by atoms with Crippen molar-refractivity contribution in [3.8, 4) is 5.88 Å². The number of pyridine rings is 1. The van der Waals surface area contributed by atoms with Crippen LogP contribution >= 0.6 is 0 Å². The maximum Gasteiger partial charge on any atom is 0.223 e. The topological polar surface area (TPSA) is 51.2 Å². The molecule has 0 atom stereocenters. The van der Waals surface area contributed by atoms with Crippen LogP contribution in [0, 0.1) is 18.8 Å². The van der Waals surface area contributed by atoms with Gasteiger partial charge in [-0.1, -0.05) is 32.3 Å². The highest BCUT2D eigenvalue weighted by molar-refractivity contribution is 5.79. The van der Waals surface area contributed by atoms with Crippen molar-refractivity contribution in [2.24, 2.45) is 11.8 Å². The molecular weight excluding hydrogens is 336 g/mol. The number of carbonyl (C=O) groups excluding carboxylic acids is 1. The van der Waals surface area contributed by atoms with Gasteiger partial charge in [0.25, 0.3) is 0 Å². The van der Waals surface area contributed by atoms with Crippen LogP contribution in [0.4, 0.5) is 0 Å². The molecule has 0 bridgehead atoms. The van der Waals surface area contributed by atoms with Crippen LogP contribution in [0.3, 0.4) is 0 Å². The molecule has 0 saturated heterocycles. The van der Waals surface area contributed by atoms with E-state index in [4.69, 9.17) is 4.74 Å². The van der Waals surface area contributed by atoms with Gasteiger partial charge in [0.2, 0.25) is 11.8 Å². The predicted octanol–water partition coefficient (Wildman–Crippen LogP) is 5.19. The van der Waals surface area contributed by atoms with Gasteiger partial charge in [-0.3, -0.25) is 4.79 Å². The molecule has 27 heavy (non-hydrogen) atoms. The average Bonchev–Trinajstić information content (AvgIpc) is 2.70. The summed E-state index contributed by atoms with van der Waals surface area (Å²) >= 11 is 0. The summed E-state index contributed by atoms with van der Waals surface area (Å²) in [6.45, 7) is 4.29. The summed E-state index contributed by atoms with van der Waals surface area (Å²) in [5, 5.41) is 3.33. The van der Waals surface area contributed by atoms with Crippen LogP contribution in [0.2, 0.25) is 0 Å². The molecule has 1 N–H and O–H groups in total. The van der Waals surface area contributed by atoms with E-state index in [2.05, 4.69) is 17.2 Å². The van der Waals surface area contributed by atoms with Crippen LogP contribution in [0.5, 0.6) is 5.88 Å². The van der Waals surface area contributed by atoms with Crippen LogP contribution in [-0.4, -0.2) is 23.0 Å². The van der Waals surface area contributed by atoms with Gasteiger partial charge < -0.3 is 10.1 Å². The Kier molecular flexibility index (Phi) is 7.54. The van der Waals surface area contributed by atoms with Gasteiger partial charge in [0.15, 0.2) is 0 Å². The second kappa shape index (κ2) is 10.1. The number of amides is 1. The lowest BCUT2D eigenvalue weighted by Crippen LogP contribution is -2.43. The number of nitrogens with zero attached hydrogens (tertiary/aromatic N) is 1. The quantitative estimate of drug-likeness (QED) is 0.716. The van der Waals surface area contributed by atoms with Crippen molar-refractivity contribution in [2.75, 3.05) is 0 Å². The Morgan fingerprint density at radius 2 is 1.85 bits per heavy atom. The van der Waals surface area contributed by atoms with Crippen molar-refractivity contribution in [2.45, 2.75) is 96.6 Å². The van der Waals surface area contributed by atoms with Crippen molar-refractivity contribution in [3.05, 3.63) is 23.9 Å². The summed E-state index contributed by atoms with van der Waals surface area (Å²) in [7, 11) is 0. The largest absolute Gasteiger partial charge is 0.474 e. The molecule has 1 amide bonds. The highest BCUT2D eigenvalue weighted by Crippen LogP contribution is 2.32. The lowest BCUT2D eigenvalue weighted by atomic mass is 9.79. The van der Waals surface area contributed by atoms with Gasteiger partial charge in [0, 0.05) is 24.2 Å². The SMILES string of the molecule is CCCCC1CCC(C(=O)NC2CCC(Oc3ccc(C)cn3)CC2)CC1. The molecule has 1 heterocycles. The Hall–Kier alpha value is -1.58. The Morgan fingerprint density at radius 3 is 2.48 bits per heavy atom. The smallest absolute Gasteiger partial charge is 0.223 e. The van der Waals surface area contributed by atoms with E-state index in [1.165, 1.54) is 32.1 Å². The third-order valence-corrected chi connectivity index (χ3v) is 6.38. The summed E-state index contributed by atoms with van der Waals surface area (Å²) in [5.74, 6) is 2.12. The Labute approximate surface area is 164 Å². The lowest BCUT2D eigenvalue weighted by molar-refractivity contribution is -0.127. The number of unbranched alkanes of at least 4 members (excludes halogenated alkanes) is 1. The average molecular weight is 373 g/mol. The molecule has 0 unspecified atom stereocenters. The van der Waals surface area contributed by atoms with E-state index >= 15 is 0 Å². The van der Waals surface area contributed by atoms with Crippen molar-refractivity contribution >= 4 is 5.91 Å². The van der Waals surface area contributed by atoms with E-state index in [0.717, 1.165) is 50.0 Å². The zero-order valence-corrected chi connectivity index (χ0v) is 17.1. The van der Waals surface area contributed by atoms with Gasteiger partial charge >= 0.3 is 0 Å². The number of aromatic nitrogens is 1. The first-order valence-corrected chi connectivity index (χ1v) is 11.0. The summed E-state index contributed by atoms with van der Waals surface area (Å²) in [6, 6.07) is 4.30. The number of carbonyl (C=O) groups is 1. The number of rotatable bonds is 7. The minimum Gasteiger partial charge on any atom is -0.474 e. The molecule has 2 aliphatic carbocycles. The molecule has 2 fully saturated rings. The minimum atomic E-state index is 0.224. The minimum absolute atomic E-state index is 0.224.